The van der Waals surface area contributed by atoms with E-state index in [1.54, 1.807) is 0 Å². The van der Waals surface area contributed by atoms with Crippen molar-refractivity contribution in [2.24, 2.45) is 0 Å². The van der Waals surface area contributed by atoms with Crippen LogP contribution in [-0.2, 0) is 4.74 Å². The first-order chi connectivity index (χ1) is 11.8. The van der Waals surface area contributed by atoms with Gasteiger partial charge in [0.2, 0.25) is 0 Å². The number of rotatable bonds is 5. The molecule has 0 aromatic heterocycles. The molecule has 2 aliphatic rings. The summed E-state index contributed by atoms with van der Waals surface area (Å²) >= 11 is 3.95. The molecular weight excluding hydrogens is 336 g/mol. The van der Waals surface area contributed by atoms with Crippen LogP contribution in [0.4, 0.5) is 5.69 Å². The van der Waals surface area contributed by atoms with Gasteiger partial charge in [-0.2, -0.15) is 0 Å². The summed E-state index contributed by atoms with van der Waals surface area (Å²) in [5, 5.41) is 3.48. The Labute approximate surface area is 152 Å². The summed E-state index contributed by atoms with van der Waals surface area (Å²) in [5.41, 5.74) is 2.58. The van der Waals surface area contributed by atoms with Crippen LogP contribution in [0.5, 0.6) is 0 Å². The molecular formula is C19H22N2OS2. The van der Waals surface area contributed by atoms with Gasteiger partial charge >= 0.3 is 0 Å². The number of benzene rings is 2. The fourth-order valence-corrected chi connectivity index (χ4v) is 6.07. The Kier molecular flexibility index (Phi) is 5.03. The van der Waals surface area contributed by atoms with Crippen molar-refractivity contribution in [2.75, 3.05) is 23.7 Å². The highest BCUT2D eigenvalue weighted by molar-refractivity contribution is 8.17. The third-order valence-electron chi connectivity index (χ3n) is 4.38. The van der Waals surface area contributed by atoms with Gasteiger partial charge in [-0.1, -0.05) is 54.2 Å². The number of fused-ring (bicyclic) bond motifs is 1. The molecule has 0 aliphatic carbocycles. The van der Waals surface area contributed by atoms with Gasteiger partial charge in [-0.3, -0.25) is 5.32 Å². The predicted octanol–water partition coefficient (Wildman–Crippen LogP) is 4.32. The lowest BCUT2D eigenvalue weighted by Gasteiger charge is -2.25. The number of hydrogen-bond donors (Lipinski definition) is 1. The quantitative estimate of drug-likeness (QED) is 0.858. The normalized spacial score (nSPS) is 25.9. The zero-order valence-corrected chi connectivity index (χ0v) is 15.4. The zero-order chi connectivity index (χ0) is 16.4. The smallest absolute Gasteiger partial charge is 0.134 e. The Bertz CT molecular complexity index is 682. The lowest BCUT2D eigenvalue weighted by molar-refractivity contribution is 0.0534. The van der Waals surface area contributed by atoms with Crippen molar-refractivity contribution in [3.05, 3.63) is 60.2 Å². The average molecular weight is 359 g/mol. The highest BCUT2D eigenvalue weighted by atomic mass is 32.2. The molecule has 3 unspecified atom stereocenters. The third-order valence-corrected chi connectivity index (χ3v) is 7.24. The molecule has 0 spiro atoms. The van der Waals surface area contributed by atoms with E-state index in [0.29, 0.717) is 4.71 Å². The van der Waals surface area contributed by atoms with Gasteiger partial charge in [-0.15, -0.1) is 11.8 Å². The molecule has 2 aliphatic heterocycles. The molecule has 4 rings (SSSR count). The highest BCUT2D eigenvalue weighted by Crippen LogP contribution is 2.47. The summed E-state index contributed by atoms with van der Waals surface area (Å²) < 4.78 is 6.64. The van der Waals surface area contributed by atoms with Crippen LogP contribution in [-0.4, -0.2) is 29.7 Å². The second-order valence-electron chi connectivity index (χ2n) is 5.97. The number of nitrogens with zero attached hydrogens (tertiary/aromatic N) is 1. The molecule has 1 fully saturated rings. The number of nitrogens with one attached hydrogen (secondary N) is 1. The summed E-state index contributed by atoms with van der Waals surface area (Å²) in [4.78, 5) is 3.88. The molecule has 1 saturated heterocycles. The first kappa shape index (κ1) is 16.3. The lowest BCUT2D eigenvalue weighted by Crippen LogP contribution is -2.28. The third kappa shape index (κ3) is 3.31. The fourth-order valence-electron chi connectivity index (χ4n) is 3.16. The van der Waals surface area contributed by atoms with Crippen molar-refractivity contribution in [3.63, 3.8) is 0 Å². The molecule has 0 amide bonds. The summed E-state index contributed by atoms with van der Waals surface area (Å²) in [6, 6.07) is 19.1. The summed E-state index contributed by atoms with van der Waals surface area (Å²) in [6.07, 6.45) is 0.302. The largest absolute Gasteiger partial charge is 0.354 e. The fraction of sp³-hybridized carbons (Fsp3) is 0.368. The van der Waals surface area contributed by atoms with Crippen LogP contribution in [0.3, 0.4) is 0 Å². The van der Waals surface area contributed by atoms with Gasteiger partial charge in [-0.05, 0) is 24.6 Å². The second kappa shape index (κ2) is 7.40. The molecule has 1 N–H and O–H groups in total. The Morgan fingerprint density at radius 1 is 1.17 bits per heavy atom. The Hall–Kier alpha value is -1.14. The zero-order valence-electron chi connectivity index (χ0n) is 13.7. The first-order valence-electron chi connectivity index (χ1n) is 8.43. The monoisotopic (exact) mass is 358 g/mol. The van der Waals surface area contributed by atoms with E-state index in [1.165, 1.54) is 16.1 Å². The Morgan fingerprint density at radius 2 is 1.96 bits per heavy atom. The first-order valence-corrected chi connectivity index (χ1v) is 10.4. The van der Waals surface area contributed by atoms with E-state index in [4.69, 9.17) is 4.74 Å². The van der Waals surface area contributed by atoms with Gasteiger partial charge < -0.3 is 9.64 Å². The van der Waals surface area contributed by atoms with Gasteiger partial charge in [0.25, 0.3) is 0 Å². The predicted molar refractivity (Wildman–Crippen MR) is 104 cm³/mol. The van der Waals surface area contributed by atoms with Crippen LogP contribution in [0, 0.1) is 0 Å². The number of ether oxygens (including phenoxy) is 1. The Balaban J connectivity index is 1.33. The summed E-state index contributed by atoms with van der Waals surface area (Å²) in [5.74, 6) is 1.01. The van der Waals surface area contributed by atoms with Crippen LogP contribution in [0.15, 0.2) is 59.5 Å². The van der Waals surface area contributed by atoms with E-state index in [2.05, 4.69) is 65.7 Å². The SMILES string of the molecule is CCN1c2ccccc2SC1SCC1CNC(c2ccccc2)O1. The van der Waals surface area contributed by atoms with Crippen molar-refractivity contribution in [3.8, 4) is 0 Å². The highest BCUT2D eigenvalue weighted by Gasteiger charge is 2.32. The van der Waals surface area contributed by atoms with E-state index in [1.807, 2.05) is 29.6 Å². The molecule has 5 heteroatoms. The number of anilines is 1. The van der Waals surface area contributed by atoms with Gasteiger partial charge in [0.1, 0.15) is 10.9 Å². The van der Waals surface area contributed by atoms with Crippen LogP contribution >= 0.6 is 23.5 Å². The molecule has 126 valence electrons. The van der Waals surface area contributed by atoms with Crippen molar-refractivity contribution >= 4 is 29.2 Å². The standard InChI is InChI=1S/C19H22N2OS2/c1-2-21-16-10-6-7-11-17(16)24-19(21)23-13-15-12-20-18(22-15)14-8-4-3-5-9-14/h3-11,15,18-20H,2,12-13H2,1H3. The van der Waals surface area contributed by atoms with Crippen LogP contribution in [0.2, 0.25) is 0 Å². The van der Waals surface area contributed by atoms with Gasteiger partial charge in [0.15, 0.2) is 0 Å². The molecule has 0 saturated carbocycles. The van der Waals surface area contributed by atoms with Crippen molar-refractivity contribution in [2.45, 2.75) is 28.9 Å². The molecule has 2 aromatic rings. The molecule has 0 radical (unpaired) electrons. The average Bonchev–Trinajstić information content (AvgIpc) is 3.24. The topological polar surface area (TPSA) is 24.5 Å². The van der Waals surface area contributed by atoms with Gasteiger partial charge in [0, 0.05) is 23.7 Å². The van der Waals surface area contributed by atoms with E-state index >= 15 is 0 Å². The maximum absolute atomic E-state index is 6.19. The maximum atomic E-state index is 6.19. The minimum absolute atomic E-state index is 0.0347. The van der Waals surface area contributed by atoms with Gasteiger partial charge in [-0.25, -0.2) is 0 Å². The minimum atomic E-state index is 0.0347. The molecule has 3 atom stereocenters. The molecule has 24 heavy (non-hydrogen) atoms. The van der Waals surface area contributed by atoms with Crippen molar-refractivity contribution < 1.29 is 4.74 Å². The molecule has 0 bridgehead atoms. The Morgan fingerprint density at radius 3 is 2.79 bits per heavy atom. The summed E-state index contributed by atoms with van der Waals surface area (Å²) in [6.45, 7) is 4.19. The van der Waals surface area contributed by atoms with E-state index in [0.717, 1.165) is 18.8 Å². The lowest BCUT2D eigenvalue weighted by atomic mass is 10.2. The molecule has 2 heterocycles. The molecule has 3 nitrogen and oxygen atoms in total. The van der Waals surface area contributed by atoms with E-state index in [-0.39, 0.29) is 12.3 Å². The maximum Gasteiger partial charge on any atom is 0.134 e. The minimum Gasteiger partial charge on any atom is -0.354 e. The second-order valence-corrected chi connectivity index (χ2v) is 8.50. The number of para-hydroxylation sites is 1. The van der Waals surface area contributed by atoms with E-state index < -0.39 is 0 Å². The number of hydrogen-bond acceptors (Lipinski definition) is 5. The van der Waals surface area contributed by atoms with Crippen LogP contribution in [0.1, 0.15) is 18.7 Å². The van der Waals surface area contributed by atoms with Crippen LogP contribution < -0.4 is 10.2 Å². The van der Waals surface area contributed by atoms with E-state index in [9.17, 15) is 0 Å². The van der Waals surface area contributed by atoms with Crippen molar-refractivity contribution in [1.82, 2.24) is 5.32 Å². The summed E-state index contributed by atoms with van der Waals surface area (Å²) in [7, 11) is 0. The number of thioether (sulfide) groups is 2. The van der Waals surface area contributed by atoms with Crippen molar-refractivity contribution in [1.29, 1.82) is 0 Å². The van der Waals surface area contributed by atoms with Gasteiger partial charge in [0.05, 0.1) is 11.8 Å². The molecule has 2 aromatic carbocycles. The van der Waals surface area contributed by atoms with Crippen LogP contribution in [0.25, 0.3) is 0 Å².